The summed E-state index contributed by atoms with van der Waals surface area (Å²) in [6.45, 7) is 3.39. The van der Waals surface area contributed by atoms with Crippen molar-refractivity contribution in [1.82, 2.24) is 9.88 Å². The molecule has 2 atom stereocenters. The molecule has 0 aliphatic carbocycles. The number of ether oxygens (including phenoxy) is 1. The van der Waals surface area contributed by atoms with E-state index >= 15 is 0 Å². The first-order valence-electron chi connectivity index (χ1n) is 8.46. The van der Waals surface area contributed by atoms with Crippen LogP contribution in [0.25, 0.3) is 0 Å². The smallest absolute Gasteiger partial charge is 0.341 e. The van der Waals surface area contributed by atoms with Crippen LogP contribution in [0.5, 0.6) is 0 Å². The van der Waals surface area contributed by atoms with Crippen LogP contribution in [0.4, 0.5) is 0 Å². The molecule has 2 rings (SSSR count). The number of hydrogen-bond donors (Lipinski definition) is 0. The van der Waals surface area contributed by atoms with Gasteiger partial charge in [-0.25, -0.2) is 18.2 Å². The zero-order valence-electron chi connectivity index (χ0n) is 15.2. The van der Waals surface area contributed by atoms with Gasteiger partial charge in [-0.15, -0.1) is 11.8 Å². The average Bonchev–Trinajstić information content (AvgIpc) is 2.98. The van der Waals surface area contributed by atoms with E-state index in [1.54, 1.807) is 29.5 Å². The molecule has 1 aliphatic rings. The van der Waals surface area contributed by atoms with Crippen molar-refractivity contribution in [3.05, 3.63) is 23.9 Å². The van der Waals surface area contributed by atoms with Crippen LogP contribution in [0.1, 0.15) is 37.0 Å². The molecule has 7 nitrogen and oxygen atoms in total. The van der Waals surface area contributed by atoms with Crippen LogP contribution < -0.4 is 0 Å². The highest BCUT2D eigenvalue weighted by Crippen LogP contribution is 2.22. The Kier molecular flexibility index (Phi) is 7.05. The number of nitrogens with zero attached hydrogens (tertiary/aromatic N) is 2. The largest absolute Gasteiger partial charge is 0.452 e. The molecule has 1 aliphatic heterocycles. The fourth-order valence-corrected chi connectivity index (χ4v) is 5.24. The molecule has 2 heterocycles. The van der Waals surface area contributed by atoms with Gasteiger partial charge in [-0.3, -0.25) is 4.79 Å². The Morgan fingerprint density at radius 1 is 1.46 bits per heavy atom. The molecule has 26 heavy (non-hydrogen) atoms. The van der Waals surface area contributed by atoms with Gasteiger partial charge in [0, 0.05) is 18.3 Å². The Balaban J connectivity index is 2.06. The minimum Gasteiger partial charge on any atom is -0.452 e. The Bertz CT molecular complexity index is 766. The number of amides is 1. The lowest BCUT2D eigenvalue weighted by atomic mass is 10.1. The topological polar surface area (TPSA) is 93.6 Å². The maximum absolute atomic E-state index is 12.7. The average molecular weight is 401 g/mol. The van der Waals surface area contributed by atoms with Crippen LogP contribution in [-0.2, 0) is 19.4 Å². The standard InChI is InChI=1S/C17H24N2O5S2/c1-4-12(2)19(13-7-9-26(22,23)11-13)15(20)10-24-17(21)14-6-5-8-18-16(14)25-3/h5-6,8,12-13H,4,7,9-11H2,1-3H3/t12-,13-/m1/s1. The predicted molar refractivity (Wildman–Crippen MR) is 100.0 cm³/mol. The van der Waals surface area contributed by atoms with Gasteiger partial charge in [0.25, 0.3) is 5.91 Å². The first-order chi connectivity index (χ1) is 12.3. The number of esters is 1. The predicted octanol–water partition coefficient (Wildman–Crippen LogP) is 1.77. The molecule has 0 spiro atoms. The molecule has 0 unspecified atom stereocenters. The van der Waals surface area contributed by atoms with Gasteiger partial charge in [0.1, 0.15) is 5.03 Å². The maximum Gasteiger partial charge on any atom is 0.341 e. The van der Waals surface area contributed by atoms with Crippen molar-refractivity contribution in [3.8, 4) is 0 Å². The SMILES string of the molecule is CC[C@@H](C)N(C(=O)COC(=O)c1cccnc1SC)[C@@H]1CCS(=O)(=O)C1. The molecule has 0 radical (unpaired) electrons. The van der Waals surface area contributed by atoms with Gasteiger partial charge < -0.3 is 9.64 Å². The lowest BCUT2D eigenvalue weighted by Gasteiger charge is -2.33. The van der Waals surface area contributed by atoms with Crippen molar-refractivity contribution in [2.75, 3.05) is 24.4 Å². The summed E-state index contributed by atoms with van der Waals surface area (Å²) in [4.78, 5) is 30.6. The van der Waals surface area contributed by atoms with Gasteiger partial charge in [-0.1, -0.05) is 6.92 Å². The van der Waals surface area contributed by atoms with Crippen molar-refractivity contribution >= 4 is 33.5 Å². The molecule has 0 bridgehead atoms. The zero-order chi connectivity index (χ0) is 19.3. The van der Waals surface area contributed by atoms with Crippen LogP contribution in [0, 0.1) is 0 Å². The number of sulfone groups is 1. The van der Waals surface area contributed by atoms with Crippen LogP contribution in [-0.4, -0.2) is 66.6 Å². The molecule has 1 amide bonds. The van der Waals surface area contributed by atoms with Crippen LogP contribution in [0.15, 0.2) is 23.4 Å². The number of pyridine rings is 1. The second-order valence-electron chi connectivity index (χ2n) is 6.25. The number of carbonyl (C=O) groups is 2. The van der Waals surface area contributed by atoms with Gasteiger partial charge in [-0.2, -0.15) is 0 Å². The van der Waals surface area contributed by atoms with E-state index < -0.39 is 22.4 Å². The molecule has 1 saturated heterocycles. The highest BCUT2D eigenvalue weighted by atomic mass is 32.2. The number of aromatic nitrogens is 1. The third-order valence-electron chi connectivity index (χ3n) is 4.47. The zero-order valence-corrected chi connectivity index (χ0v) is 16.8. The van der Waals surface area contributed by atoms with Crippen molar-refractivity contribution in [1.29, 1.82) is 0 Å². The molecule has 0 aromatic carbocycles. The molecule has 1 aromatic heterocycles. The Morgan fingerprint density at radius 2 is 2.19 bits per heavy atom. The minimum absolute atomic E-state index is 0.0315. The number of carbonyl (C=O) groups excluding carboxylic acids is 2. The van der Waals surface area contributed by atoms with E-state index in [0.717, 1.165) is 0 Å². The van der Waals surface area contributed by atoms with Crippen molar-refractivity contribution in [2.45, 2.75) is 43.8 Å². The summed E-state index contributed by atoms with van der Waals surface area (Å²) in [5.41, 5.74) is 0.311. The van der Waals surface area contributed by atoms with E-state index in [-0.39, 0.29) is 29.5 Å². The molecule has 0 saturated carbocycles. The van der Waals surface area contributed by atoms with E-state index in [9.17, 15) is 18.0 Å². The Labute approximate surface area is 158 Å². The molecular formula is C17H24N2O5S2. The fraction of sp³-hybridized carbons (Fsp3) is 0.588. The summed E-state index contributed by atoms with van der Waals surface area (Å²) >= 11 is 1.32. The van der Waals surface area contributed by atoms with E-state index in [2.05, 4.69) is 4.98 Å². The van der Waals surface area contributed by atoms with Gasteiger partial charge in [0.05, 0.1) is 17.1 Å². The summed E-state index contributed by atoms with van der Waals surface area (Å²) < 4.78 is 28.7. The highest BCUT2D eigenvalue weighted by molar-refractivity contribution is 7.98. The summed E-state index contributed by atoms with van der Waals surface area (Å²) in [5.74, 6) is -0.927. The summed E-state index contributed by atoms with van der Waals surface area (Å²) in [6.07, 6.45) is 4.50. The molecule has 9 heteroatoms. The lowest BCUT2D eigenvalue weighted by Crippen LogP contribution is -2.48. The quantitative estimate of drug-likeness (QED) is 0.509. The summed E-state index contributed by atoms with van der Waals surface area (Å²) in [7, 11) is -3.11. The van der Waals surface area contributed by atoms with Crippen LogP contribution in [0.3, 0.4) is 0 Å². The monoisotopic (exact) mass is 400 g/mol. The first-order valence-corrected chi connectivity index (χ1v) is 11.5. The number of hydrogen-bond acceptors (Lipinski definition) is 7. The van der Waals surface area contributed by atoms with Crippen molar-refractivity contribution < 1.29 is 22.7 Å². The molecular weight excluding hydrogens is 376 g/mol. The van der Waals surface area contributed by atoms with Crippen LogP contribution in [0.2, 0.25) is 0 Å². The lowest BCUT2D eigenvalue weighted by molar-refractivity contribution is -0.138. The third kappa shape index (κ3) is 4.97. The Morgan fingerprint density at radius 3 is 2.77 bits per heavy atom. The van der Waals surface area contributed by atoms with Crippen molar-refractivity contribution in [2.24, 2.45) is 0 Å². The molecule has 1 aromatic rings. The second-order valence-corrected chi connectivity index (χ2v) is 9.28. The van der Waals surface area contributed by atoms with E-state index in [0.29, 0.717) is 23.4 Å². The maximum atomic E-state index is 12.7. The van der Waals surface area contributed by atoms with Gasteiger partial charge >= 0.3 is 5.97 Å². The highest BCUT2D eigenvalue weighted by Gasteiger charge is 2.36. The molecule has 0 N–H and O–H groups in total. The summed E-state index contributed by atoms with van der Waals surface area (Å²) in [5, 5.41) is 0.533. The minimum atomic E-state index is -3.11. The molecule has 144 valence electrons. The van der Waals surface area contributed by atoms with E-state index in [1.165, 1.54) is 11.8 Å². The number of rotatable bonds is 7. The van der Waals surface area contributed by atoms with Crippen LogP contribution >= 0.6 is 11.8 Å². The number of thioether (sulfide) groups is 1. The second kappa shape index (κ2) is 8.85. The van der Waals surface area contributed by atoms with Crippen molar-refractivity contribution in [3.63, 3.8) is 0 Å². The van der Waals surface area contributed by atoms with Gasteiger partial charge in [-0.05, 0) is 38.2 Å². The fourth-order valence-electron chi connectivity index (χ4n) is 2.99. The third-order valence-corrected chi connectivity index (χ3v) is 6.93. The van der Waals surface area contributed by atoms with E-state index in [1.807, 2.05) is 13.8 Å². The Hall–Kier alpha value is -1.61. The van der Waals surface area contributed by atoms with Gasteiger partial charge in [0.15, 0.2) is 16.4 Å². The van der Waals surface area contributed by atoms with Gasteiger partial charge in [0.2, 0.25) is 0 Å². The first kappa shape index (κ1) is 20.7. The van der Waals surface area contributed by atoms with E-state index in [4.69, 9.17) is 4.74 Å². The molecule has 1 fully saturated rings. The summed E-state index contributed by atoms with van der Waals surface area (Å²) in [6, 6.07) is 2.75. The normalized spacial score (nSPS) is 19.7.